The van der Waals surface area contributed by atoms with Gasteiger partial charge in [-0.05, 0) is 53.9 Å². The van der Waals surface area contributed by atoms with Gasteiger partial charge in [-0.1, -0.05) is 53.3 Å². The van der Waals surface area contributed by atoms with Gasteiger partial charge in [0.15, 0.2) is 11.5 Å². The van der Waals surface area contributed by atoms with E-state index in [1.54, 1.807) is 12.1 Å². The molecular formula is C16H13Cl4O2PS2. The van der Waals surface area contributed by atoms with Crippen molar-refractivity contribution in [1.29, 1.82) is 0 Å². The second-order valence-electron chi connectivity index (χ2n) is 5.39. The molecule has 0 N–H and O–H groups in total. The van der Waals surface area contributed by atoms with Gasteiger partial charge >= 0.3 is 5.69 Å². The van der Waals surface area contributed by atoms with Crippen molar-refractivity contribution in [2.45, 2.75) is 19.8 Å². The van der Waals surface area contributed by atoms with Crippen LogP contribution in [0.2, 0.25) is 20.1 Å². The van der Waals surface area contributed by atoms with Crippen LogP contribution in [0.15, 0.2) is 24.3 Å². The zero-order valence-electron chi connectivity index (χ0n) is 13.0. The fraction of sp³-hybridized carbons (Fsp3) is 0.250. The first kappa shape index (κ1) is 19.9. The van der Waals surface area contributed by atoms with Crippen molar-refractivity contribution < 1.29 is 9.05 Å². The van der Waals surface area contributed by atoms with E-state index in [1.807, 2.05) is 12.1 Å². The average Bonchev–Trinajstić information content (AvgIpc) is 2.51. The van der Waals surface area contributed by atoms with E-state index in [0.717, 1.165) is 23.3 Å². The van der Waals surface area contributed by atoms with Crippen molar-refractivity contribution in [3.8, 4) is 11.5 Å². The first-order valence-electron chi connectivity index (χ1n) is 7.41. The Hall–Kier alpha value is 0.200. The highest BCUT2D eigenvalue weighted by Crippen LogP contribution is 2.63. The highest BCUT2D eigenvalue weighted by Gasteiger charge is 2.31. The summed E-state index contributed by atoms with van der Waals surface area (Å²) in [6, 6.07) is 6.91. The predicted molar refractivity (Wildman–Crippen MR) is 114 cm³/mol. The molecule has 3 rings (SSSR count). The quantitative estimate of drug-likeness (QED) is 0.419. The van der Waals surface area contributed by atoms with E-state index in [9.17, 15) is 0 Å². The van der Waals surface area contributed by atoms with Crippen LogP contribution in [0.5, 0.6) is 11.5 Å². The third-order valence-corrected chi connectivity index (χ3v) is 9.47. The zero-order valence-corrected chi connectivity index (χ0v) is 18.6. The van der Waals surface area contributed by atoms with Gasteiger partial charge in [-0.3, -0.25) is 0 Å². The minimum Gasteiger partial charge on any atom is -0.426 e. The van der Waals surface area contributed by atoms with E-state index < -0.39 is 5.69 Å². The Labute approximate surface area is 176 Å². The molecule has 2 nitrogen and oxygen atoms in total. The molecule has 0 spiro atoms. The molecule has 1 aliphatic rings. The van der Waals surface area contributed by atoms with Gasteiger partial charge in [0.2, 0.25) is 0 Å². The van der Waals surface area contributed by atoms with Crippen LogP contribution in [0, 0.1) is 0 Å². The molecule has 0 aromatic heterocycles. The minimum absolute atomic E-state index is 0.411. The summed E-state index contributed by atoms with van der Waals surface area (Å²) < 4.78 is 12.3. The third-order valence-electron chi connectivity index (χ3n) is 3.41. The van der Waals surface area contributed by atoms with Crippen LogP contribution in [0.4, 0.5) is 0 Å². The number of rotatable bonds is 3. The number of halogens is 4. The molecule has 9 heteroatoms. The molecule has 0 fully saturated rings. The molecule has 2 aromatic carbocycles. The lowest BCUT2D eigenvalue weighted by Gasteiger charge is -2.29. The summed E-state index contributed by atoms with van der Waals surface area (Å²) >= 11 is 32.3. The lowest BCUT2D eigenvalue weighted by molar-refractivity contribution is 0.493. The van der Waals surface area contributed by atoms with E-state index in [1.165, 1.54) is 11.4 Å². The number of fused-ring (bicyclic) bond motifs is 2. The Morgan fingerprint density at radius 1 is 0.960 bits per heavy atom. The van der Waals surface area contributed by atoms with E-state index in [4.69, 9.17) is 67.3 Å². The van der Waals surface area contributed by atoms with Crippen molar-refractivity contribution in [3.63, 3.8) is 0 Å². The van der Waals surface area contributed by atoms with E-state index in [0.29, 0.717) is 38.0 Å². The van der Waals surface area contributed by atoms with E-state index in [2.05, 4.69) is 6.92 Å². The van der Waals surface area contributed by atoms with Crippen LogP contribution in [0.25, 0.3) is 0 Å². The third kappa shape index (κ3) is 4.55. The van der Waals surface area contributed by atoms with E-state index in [-0.39, 0.29) is 0 Å². The van der Waals surface area contributed by atoms with Gasteiger partial charge < -0.3 is 9.05 Å². The maximum Gasteiger partial charge on any atom is 0.348 e. The molecule has 0 aliphatic carbocycles. The highest BCUT2D eigenvalue weighted by atomic mass is 35.5. The molecule has 0 radical (unpaired) electrons. The van der Waals surface area contributed by atoms with Gasteiger partial charge in [0.25, 0.3) is 0 Å². The monoisotopic (exact) mass is 472 g/mol. The summed E-state index contributed by atoms with van der Waals surface area (Å²) in [7, 11) is 0. The van der Waals surface area contributed by atoms with Gasteiger partial charge in [-0.15, -0.1) is 0 Å². The van der Waals surface area contributed by atoms with Crippen molar-refractivity contribution >= 4 is 75.3 Å². The van der Waals surface area contributed by atoms with Gasteiger partial charge in [-0.2, -0.15) is 0 Å². The predicted octanol–water partition coefficient (Wildman–Crippen LogP) is 8.03. The molecule has 0 atom stereocenters. The molecule has 0 saturated carbocycles. The normalized spacial score (nSPS) is 15.2. The second kappa shape index (κ2) is 8.06. The molecule has 2 aromatic rings. The van der Waals surface area contributed by atoms with Crippen LogP contribution in [0.1, 0.15) is 24.5 Å². The van der Waals surface area contributed by atoms with Crippen molar-refractivity contribution in [2.24, 2.45) is 0 Å². The molecule has 1 heterocycles. The largest absolute Gasteiger partial charge is 0.426 e. The van der Waals surface area contributed by atoms with Crippen molar-refractivity contribution in [2.75, 3.05) is 5.75 Å². The summed E-state index contributed by atoms with van der Waals surface area (Å²) in [6.07, 6.45) is 1.41. The zero-order chi connectivity index (χ0) is 18.2. The number of hydrogen-bond acceptors (Lipinski definition) is 4. The molecule has 0 bridgehead atoms. The SMILES string of the molecule is CCCSP1(=S)Oc2c(Cl)cc(Cl)cc2Cc2cc(Cl)cc(Cl)c2O1. The molecular weight excluding hydrogens is 461 g/mol. The Morgan fingerprint density at radius 2 is 1.44 bits per heavy atom. The molecule has 0 amide bonds. The first-order valence-corrected chi connectivity index (χ1v) is 13.1. The standard InChI is InChI=1S/C16H13Cl4O2PS2/c1-2-3-25-23(24)21-15-9(5-11(17)7-13(15)19)4-10-6-12(18)8-14(20)16(10)22-23/h5-8H,2-4H2,1H3. The van der Waals surface area contributed by atoms with Gasteiger partial charge in [-0.25, -0.2) is 0 Å². The summed E-state index contributed by atoms with van der Waals surface area (Å²) in [6.45, 7) is 2.07. The molecule has 0 saturated heterocycles. The topological polar surface area (TPSA) is 18.5 Å². The molecule has 25 heavy (non-hydrogen) atoms. The minimum atomic E-state index is -2.75. The Balaban J connectivity index is 2.20. The maximum atomic E-state index is 6.37. The summed E-state index contributed by atoms with van der Waals surface area (Å²) in [5, 5.41) is 1.87. The highest BCUT2D eigenvalue weighted by molar-refractivity contribution is 8.68. The smallest absolute Gasteiger partial charge is 0.348 e. The lowest BCUT2D eigenvalue weighted by Crippen LogP contribution is -2.07. The van der Waals surface area contributed by atoms with Gasteiger partial charge in [0.1, 0.15) is 0 Å². The summed E-state index contributed by atoms with van der Waals surface area (Å²) in [5.41, 5.74) is -1.10. The first-order chi connectivity index (χ1) is 11.8. The van der Waals surface area contributed by atoms with Crippen LogP contribution in [-0.4, -0.2) is 5.75 Å². The van der Waals surface area contributed by atoms with Crippen molar-refractivity contribution in [1.82, 2.24) is 0 Å². The lowest BCUT2D eigenvalue weighted by atomic mass is 10.0. The maximum absolute atomic E-state index is 6.37. The number of benzene rings is 2. The fourth-order valence-corrected chi connectivity index (χ4v) is 8.18. The fourth-order valence-electron chi connectivity index (χ4n) is 2.40. The van der Waals surface area contributed by atoms with Crippen molar-refractivity contribution in [3.05, 3.63) is 55.5 Å². The van der Waals surface area contributed by atoms with Crippen LogP contribution in [0.3, 0.4) is 0 Å². The van der Waals surface area contributed by atoms with Crippen LogP contribution < -0.4 is 9.05 Å². The van der Waals surface area contributed by atoms with Gasteiger partial charge in [0.05, 0.1) is 10.0 Å². The number of hydrogen-bond donors (Lipinski definition) is 0. The molecule has 0 unspecified atom stereocenters. The Morgan fingerprint density at radius 3 is 1.88 bits per heavy atom. The second-order valence-corrected chi connectivity index (χ2v) is 13.4. The Kier molecular flexibility index (Phi) is 6.43. The summed E-state index contributed by atoms with van der Waals surface area (Å²) in [4.78, 5) is 0. The Bertz CT molecular complexity index is 812. The van der Waals surface area contributed by atoms with Crippen LogP contribution in [-0.2, 0) is 18.2 Å². The molecule has 1 aliphatic heterocycles. The molecule has 134 valence electrons. The summed E-state index contributed by atoms with van der Waals surface area (Å²) in [5.74, 6) is 1.83. The van der Waals surface area contributed by atoms with Crippen LogP contribution >= 0.6 is 63.5 Å². The van der Waals surface area contributed by atoms with E-state index >= 15 is 0 Å². The van der Waals surface area contributed by atoms with Gasteiger partial charge in [0, 0.05) is 33.3 Å². The average molecular weight is 474 g/mol.